The van der Waals surface area contributed by atoms with Crippen LogP contribution < -0.4 is 0 Å². The maximum atomic E-state index is 6.28. The lowest BCUT2D eigenvalue weighted by atomic mass is 10.3. The van der Waals surface area contributed by atoms with Gasteiger partial charge in [0.15, 0.2) is 0 Å². The zero-order valence-corrected chi connectivity index (χ0v) is 12.6. The van der Waals surface area contributed by atoms with E-state index in [0.717, 1.165) is 27.6 Å². The second-order valence-corrected chi connectivity index (χ2v) is 5.86. The van der Waals surface area contributed by atoms with Gasteiger partial charge in [-0.15, -0.1) is 22.9 Å². The number of alkyl halides is 1. The van der Waals surface area contributed by atoms with E-state index in [1.54, 1.807) is 11.3 Å². The van der Waals surface area contributed by atoms with Crippen LogP contribution in [0.25, 0.3) is 11.0 Å². The quantitative estimate of drug-likeness (QED) is 0.677. The van der Waals surface area contributed by atoms with Gasteiger partial charge in [0.2, 0.25) is 0 Å². The highest BCUT2D eigenvalue weighted by atomic mass is 35.5. The van der Waals surface area contributed by atoms with Crippen LogP contribution in [-0.4, -0.2) is 14.5 Å². The van der Waals surface area contributed by atoms with E-state index in [1.807, 2.05) is 35.1 Å². The number of aryl methyl sites for hydroxylation is 1. The van der Waals surface area contributed by atoms with Crippen molar-refractivity contribution in [2.45, 2.75) is 19.3 Å². The maximum Gasteiger partial charge on any atom is 0.125 e. The lowest BCUT2D eigenvalue weighted by molar-refractivity contribution is 0.771. The van der Waals surface area contributed by atoms with Gasteiger partial charge in [0.05, 0.1) is 28.5 Å². The van der Waals surface area contributed by atoms with Crippen molar-refractivity contribution in [1.82, 2.24) is 14.5 Å². The molecule has 3 aromatic rings. The number of fused-ring (bicyclic) bond motifs is 1. The summed E-state index contributed by atoms with van der Waals surface area (Å²) < 4.78 is 2.04. The molecule has 2 aromatic heterocycles. The summed E-state index contributed by atoms with van der Waals surface area (Å²) in [7, 11) is 0. The summed E-state index contributed by atoms with van der Waals surface area (Å²) in [6.45, 7) is 2.64. The summed E-state index contributed by atoms with van der Waals surface area (Å²) in [6, 6.07) is 5.71. The summed E-state index contributed by atoms with van der Waals surface area (Å²) in [4.78, 5) is 9.00. The Morgan fingerprint density at radius 1 is 1.32 bits per heavy atom. The molecule has 0 spiro atoms. The second-order valence-electron chi connectivity index (χ2n) is 4.24. The number of aromatic nitrogens is 3. The average molecular weight is 312 g/mol. The van der Waals surface area contributed by atoms with E-state index in [4.69, 9.17) is 23.2 Å². The van der Waals surface area contributed by atoms with Crippen LogP contribution in [0.1, 0.15) is 16.5 Å². The van der Waals surface area contributed by atoms with Crippen molar-refractivity contribution in [2.24, 2.45) is 0 Å². The van der Waals surface area contributed by atoms with Crippen molar-refractivity contribution in [3.05, 3.63) is 45.1 Å². The van der Waals surface area contributed by atoms with Gasteiger partial charge in [-0.05, 0) is 19.1 Å². The molecule has 0 bridgehead atoms. The van der Waals surface area contributed by atoms with Crippen LogP contribution in [0.2, 0.25) is 5.02 Å². The molecule has 0 amide bonds. The summed E-state index contributed by atoms with van der Waals surface area (Å²) in [5.74, 6) is 1.17. The summed E-state index contributed by atoms with van der Waals surface area (Å²) in [5, 5.41) is 3.76. The minimum absolute atomic E-state index is 0.357. The predicted octanol–water partition coefficient (Wildman–Crippen LogP) is 4.24. The Morgan fingerprint density at radius 3 is 2.84 bits per heavy atom. The first-order valence-electron chi connectivity index (χ1n) is 5.79. The highest BCUT2D eigenvalue weighted by Crippen LogP contribution is 2.26. The van der Waals surface area contributed by atoms with Gasteiger partial charge in [0.25, 0.3) is 0 Å². The smallest absolute Gasteiger partial charge is 0.125 e. The summed E-state index contributed by atoms with van der Waals surface area (Å²) >= 11 is 13.9. The van der Waals surface area contributed by atoms with Gasteiger partial charge >= 0.3 is 0 Å². The first-order chi connectivity index (χ1) is 9.19. The van der Waals surface area contributed by atoms with Crippen LogP contribution in [0.4, 0.5) is 0 Å². The molecular weight excluding hydrogens is 301 g/mol. The number of rotatable bonds is 3. The number of para-hydroxylation sites is 1. The van der Waals surface area contributed by atoms with Crippen LogP contribution in [0, 0.1) is 6.92 Å². The zero-order chi connectivity index (χ0) is 13.4. The monoisotopic (exact) mass is 311 g/mol. The van der Waals surface area contributed by atoms with Crippen LogP contribution in [0.15, 0.2) is 23.6 Å². The SMILES string of the molecule is Cc1csc(Cn2c(CCl)nc3cccc(Cl)c32)n1. The topological polar surface area (TPSA) is 30.7 Å². The van der Waals surface area contributed by atoms with Crippen LogP contribution in [0.5, 0.6) is 0 Å². The van der Waals surface area contributed by atoms with E-state index in [9.17, 15) is 0 Å². The highest BCUT2D eigenvalue weighted by Gasteiger charge is 2.14. The lowest BCUT2D eigenvalue weighted by Crippen LogP contribution is -2.04. The Bertz CT molecular complexity index is 733. The standard InChI is InChI=1S/C13H11Cl2N3S/c1-8-7-19-12(16-8)6-18-11(5-14)17-10-4-2-3-9(15)13(10)18/h2-4,7H,5-6H2,1H3. The Balaban J connectivity index is 2.15. The molecule has 0 aliphatic rings. The fraction of sp³-hybridized carbons (Fsp3) is 0.231. The molecule has 0 fully saturated rings. The van der Waals surface area contributed by atoms with Gasteiger partial charge < -0.3 is 4.57 Å². The normalized spacial score (nSPS) is 11.3. The predicted molar refractivity (Wildman–Crippen MR) is 80.3 cm³/mol. The van der Waals surface area contributed by atoms with E-state index in [2.05, 4.69) is 9.97 Å². The Morgan fingerprint density at radius 2 is 2.16 bits per heavy atom. The molecule has 1 aromatic carbocycles. The van der Waals surface area contributed by atoms with Gasteiger partial charge in [0.1, 0.15) is 10.8 Å². The molecule has 3 nitrogen and oxygen atoms in total. The molecular formula is C13H11Cl2N3S. The third kappa shape index (κ3) is 2.36. The summed E-state index contributed by atoms with van der Waals surface area (Å²) in [6.07, 6.45) is 0. The van der Waals surface area contributed by atoms with Crippen LogP contribution in [0.3, 0.4) is 0 Å². The summed E-state index contributed by atoms with van der Waals surface area (Å²) in [5.41, 5.74) is 2.83. The van der Waals surface area contributed by atoms with Gasteiger partial charge in [0, 0.05) is 11.1 Å². The number of hydrogen-bond donors (Lipinski definition) is 0. The number of thiazole rings is 1. The van der Waals surface area contributed by atoms with Crippen molar-refractivity contribution in [1.29, 1.82) is 0 Å². The number of imidazole rings is 1. The number of halogens is 2. The molecule has 0 N–H and O–H groups in total. The van der Waals surface area contributed by atoms with E-state index < -0.39 is 0 Å². The molecule has 3 rings (SSSR count). The van der Waals surface area contributed by atoms with E-state index >= 15 is 0 Å². The molecule has 0 unspecified atom stereocenters. The van der Waals surface area contributed by atoms with Crippen molar-refractivity contribution in [3.8, 4) is 0 Å². The Kier molecular flexibility index (Phi) is 3.48. The van der Waals surface area contributed by atoms with Crippen LogP contribution in [-0.2, 0) is 12.4 Å². The largest absolute Gasteiger partial charge is 0.319 e. The first-order valence-corrected chi connectivity index (χ1v) is 7.59. The number of benzene rings is 1. The minimum atomic E-state index is 0.357. The van der Waals surface area contributed by atoms with Gasteiger partial charge in [-0.1, -0.05) is 17.7 Å². The van der Waals surface area contributed by atoms with Gasteiger partial charge in [-0.25, -0.2) is 9.97 Å². The number of nitrogens with zero attached hydrogens (tertiary/aromatic N) is 3. The van der Waals surface area contributed by atoms with E-state index in [-0.39, 0.29) is 0 Å². The molecule has 2 heterocycles. The fourth-order valence-corrected chi connectivity index (χ4v) is 3.31. The van der Waals surface area contributed by atoms with Crippen molar-refractivity contribution >= 4 is 45.6 Å². The van der Waals surface area contributed by atoms with Crippen molar-refractivity contribution < 1.29 is 0 Å². The molecule has 0 aliphatic carbocycles. The maximum absolute atomic E-state index is 6.28. The molecule has 0 radical (unpaired) electrons. The van der Waals surface area contributed by atoms with Crippen molar-refractivity contribution in [3.63, 3.8) is 0 Å². The highest BCUT2D eigenvalue weighted by molar-refractivity contribution is 7.09. The third-order valence-electron chi connectivity index (χ3n) is 2.88. The second kappa shape index (κ2) is 5.12. The Hall–Kier alpha value is -1.10. The van der Waals surface area contributed by atoms with Gasteiger partial charge in [-0.3, -0.25) is 0 Å². The van der Waals surface area contributed by atoms with Gasteiger partial charge in [-0.2, -0.15) is 0 Å². The Labute approximate surface area is 124 Å². The molecule has 0 aliphatic heterocycles. The molecule has 0 saturated carbocycles. The van der Waals surface area contributed by atoms with E-state index in [1.165, 1.54) is 0 Å². The fourth-order valence-electron chi connectivity index (χ4n) is 2.07. The lowest BCUT2D eigenvalue weighted by Gasteiger charge is -2.06. The first kappa shape index (κ1) is 12.9. The molecule has 0 atom stereocenters. The van der Waals surface area contributed by atoms with Crippen LogP contribution >= 0.6 is 34.5 Å². The van der Waals surface area contributed by atoms with Crippen molar-refractivity contribution in [2.75, 3.05) is 0 Å². The van der Waals surface area contributed by atoms with E-state index in [0.29, 0.717) is 17.4 Å². The zero-order valence-electron chi connectivity index (χ0n) is 10.2. The molecule has 19 heavy (non-hydrogen) atoms. The number of hydrogen-bond acceptors (Lipinski definition) is 3. The average Bonchev–Trinajstić information content (AvgIpc) is 2.95. The molecule has 6 heteroatoms. The molecule has 0 saturated heterocycles. The molecule has 98 valence electrons. The third-order valence-corrected chi connectivity index (χ3v) is 4.37. The minimum Gasteiger partial charge on any atom is -0.319 e.